The van der Waals surface area contributed by atoms with E-state index in [0.717, 1.165) is 0 Å². The van der Waals surface area contributed by atoms with Crippen LogP contribution in [0.4, 0.5) is 18.9 Å². The third kappa shape index (κ3) is 3.23. The fourth-order valence-electron chi connectivity index (χ4n) is 1.14. The predicted molar refractivity (Wildman–Crippen MR) is 53.2 cm³/mol. The molecular weight excluding hydrogens is 221 g/mol. The molecule has 1 aromatic rings. The Morgan fingerprint density at radius 2 is 1.88 bits per heavy atom. The van der Waals surface area contributed by atoms with Gasteiger partial charge in [0.1, 0.15) is 11.5 Å². The minimum absolute atomic E-state index is 0.0732. The van der Waals surface area contributed by atoms with E-state index in [4.69, 9.17) is 5.73 Å². The Kier molecular flexibility index (Phi) is 3.89. The molecule has 1 rings (SSSR count). The number of rotatable bonds is 3. The summed E-state index contributed by atoms with van der Waals surface area (Å²) < 4.78 is 38.7. The molecule has 1 atom stereocenters. The normalized spacial score (nSPS) is 12.3. The first-order valence-electron chi connectivity index (χ1n) is 4.60. The third-order valence-corrected chi connectivity index (χ3v) is 1.78. The summed E-state index contributed by atoms with van der Waals surface area (Å²) in [5.41, 5.74) is 4.68. The number of carbonyl (C=O) groups excluding carboxylic acids is 1. The number of hydrogen-bond acceptors (Lipinski definition) is 2. The Morgan fingerprint density at radius 1 is 1.38 bits per heavy atom. The van der Waals surface area contributed by atoms with Crippen LogP contribution < -0.4 is 11.1 Å². The van der Waals surface area contributed by atoms with Crippen molar-refractivity contribution >= 4 is 11.6 Å². The van der Waals surface area contributed by atoms with Crippen LogP contribution >= 0.6 is 0 Å². The summed E-state index contributed by atoms with van der Waals surface area (Å²) in [7, 11) is 0. The molecule has 0 spiro atoms. The molecule has 0 saturated heterocycles. The smallest absolute Gasteiger partial charge is 0.226 e. The first-order chi connectivity index (χ1) is 7.40. The Labute approximate surface area is 90.4 Å². The van der Waals surface area contributed by atoms with Crippen LogP contribution in [0.2, 0.25) is 0 Å². The average Bonchev–Trinajstić information content (AvgIpc) is 2.09. The second-order valence-corrected chi connectivity index (χ2v) is 3.47. The van der Waals surface area contributed by atoms with Gasteiger partial charge < -0.3 is 11.1 Å². The molecule has 88 valence electrons. The third-order valence-electron chi connectivity index (χ3n) is 1.78. The number of benzene rings is 1. The van der Waals surface area contributed by atoms with E-state index >= 15 is 0 Å². The number of amides is 1. The highest BCUT2D eigenvalue weighted by Crippen LogP contribution is 2.20. The molecule has 1 unspecified atom stereocenters. The number of nitrogens with one attached hydrogen (secondary N) is 1. The Hall–Kier alpha value is -1.56. The van der Waals surface area contributed by atoms with Crippen LogP contribution in [0.1, 0.15) is 13.3 Å². The molecule has 0 aliphatic rings. The van der Waals surface area contributed by atoms with Crippen LogP contribution in [-0.2, 0) is 4.79 Å². The zero-order chi connectivity index (χ0) is 12.3. The average molecular weight is 232 g/mol. The van der Waals surface area contributed by atoms with Crippen molar-refractivity contribution in [3.63, 3.8) is 0 Å². The van der Waals surface area contributed by atoms with E-state index in [0.29, 0.717) is 12.1 Å². The quantitative estimate of drug-likeness (QED) is 0.834. The summed E-state index contributed by atoms with van der Waals surface area (Å²) >= 11 is 0. The molecule has 0 aliphatic heterocycles. The van der Waals surface area contributed by atoms with Gasteiger partial charge in [-0.25, -0.2) is 13.2 Å². The van der Waals surface area contributed by atoms with Crippen LogP contribution in [0.3, 0.4) is 0 Å². The minimum atomic E-state index is -1.16. The molecular formula is C10H11F3N2O. The van der Waals surface area contributed by atoms with Gasteiger partial charge in [-0.2, -0.15) is 0 Å². The zero-order valence-electron chi connectivity index (χ0n) is 8.56. The predicted octanol–water partition coefficient (Wildman–Crippen LogP) is 1.78. The second-order valence-electron chi connectivity index (χ2n) is 3.47. The van der Waals surface area contributed by atoms with Crippen molar-refractivity contribution in [2.45, 2.75) is 19.4 Å². The van der Waals surface area contributed by atoms with E-state index in [1.54, 1.807) is 6.92 Å². The fourth-order valence-corrected chi connectivity index (χ4v) is 1.14. The SMILES string of the molecule is CC(N)CC(=O)Nc1c(F)cc(F)cc1F. The number of halogens is 3. The fraction of sp³-hybridized carbons (Fsp3) is 0.300. The van der Waals surface area contributed by atoms with Crippen LogP contribution in [0.25, 0.3) is 0 Å². The molecule has 3 N–H and O–H groups in total. The van der Waals surface area contributed by atoms with Crippen molar-refractivity contribution in [1.82, 2.24) is 0 Å². The van der Waals surface area contributed by atoms with Gasteiger partial charge in [0.25, 0.3) is 0 Å². The number of hydrogen-bond donors (Lipinski definition) is 2. The van der Waals surface area contributed by atoms with Crippen molar-refractivity contribution in [1.29, 1.82) is 0 Å². The van der Waals surface area contributed by atoms with E-state index in [-0.39, 0.29) is 6.42 Å². The lowest BCUT2D eigenvalue weighted by Crippen LogP contribution is -2.24. The van der Waals surface area contributed by atoms with Gasteiger partial charge in [0.2, 0.25) is 5.91 Å². The summed E-state index contributed by atoms with van der Waals surface area (Å²) in [4.78, 5) is 11.2. The first kappa shape index (κ1) is 12.5. The molecule has 16 heavy (non-hydrogen) atoms. The summed E-state index contributed by atoms with van der Waals surface area (Å²) in [6.45, 7) is 1.58. The van der Waals surface area contributed by atoms with Crippen LogP contribution in [-0.4, -0.2) is 11.9 Å². The molecule has 3 nitrogen and oxygen atoms in total. The minimum Gasteiger partial charge on any atom is -0.327 e. The van der Waals surface area contributed by atoms with Crippen molar-refractivity contribution < 1.29 is 18.0 Å². The van der Waals surface area contributed by atoms with E-state index in [9.17, 15) is 18.0 Å². The highest BCUT2D eigenvalue weighted by Gasteiger charge is 2.14. The highest BCUT2D eigenvalue weighted by molar-refractivity contribution is 5.91. The lowest BCUT2D eigenvalue weighted by molar-refractivity contribution is -0.116. The van der Waals surface area contributed by atoms with Gasteiger partial charge in [0.15, 0.2) is 11.6 Å². The molecule has 1 aromatic carbocycles. The molecule has 0 saturated carbocycles. The Morgan fingerprint density at radius 3 is 2.31 bits per heavy atom. The molecule has 0 bridgehead atoms. The van der Waals surface area contributed by atoms with Gasteiger partial charge in [-0.3, -0.25) is 4.79 Å². The lowest BCUT2D eigenvalue weighted by atomic mass is 10.2. The first-order valence-corrected chi connectivity index (χ1v) is 4.60. The summed E-state index contributed by atoms with van der Waals surface area (Å²) in [5.74, 6) is -3.98. The molecule has 6 heteroatoms. The van der Waals surface area contributed by atoms with Crippen LogP contribution in [0.5, 0.6) is 0 Å². The standard InChI is InChI=1S/C10H11F3N2O/c1-5(14)2-9(16)15-10-7(12)3-6(11)4-8(10)13/h3-5H,2,14H2,1H3,(H,15,16). The molecule has 0 fully saturated rings. The molecule has 0 heterocycles. The molecule has 0 radical (unpaired) electrons. The van der Waals surface area contributed by atoms with Crippen molar-refractivity contribution in [3.8, 4) is 0 Å². The summed E-state index contributed by atoms with van der Waals surface area (Å²) in [5, 5.41) is 2.00. The van der Waals surface area contributed by atoms with Gasteiger partial charge in [-0.15, -0.1) is 0 Å². The maximum atomic E-state index is 13.1. The van der Waals surface area contributed by atoms with Crippen molar-refractivity contribution in [3.05, 3.63) is 29.6 Å². The second kappa shape index (κ2) is 4.98. The van der Waals surface area contributed by atoms with Gasteiger partial charge in [-0.1, -0.05) is 0 Å². The maximum Gasteiger partial charge on any atom is 0.226 e. The molecule has 0 aromatic heterocycles. The number of carbonyl (C=O) groups is 1. The largest absolute Gasteiger partial charge is 0.327 e. The maximum absolute atomic E-state index is 13.1. The van der Waals surface area contributed by atoms with Crippen molar-refractivity contribution in [2.75, 3.05) is 5.32 Å². The summed E-state index contributed by atoms with van der Waals surface area (Å²) in [6.07, 6.45) is -0.0732. The summed E-state index contributed by atoms with van der Waals surface area (Å²) in [6, 6.07) is 0.557. The lowest BCUT2D eigenvalue weighted by Gasteiger charge is -2.09. The molecule has 0 aliphatic carbocycles. The van der Waals surface area contributed by atoms with E-state index in [1.165, 1.54) is 0 Å². The van der Waals surface area contributed by atoms with Gasteiger partial charge in [0.05, 0.1) is 0 Å². The highest BCUT2D eigenvalue weighted by atomic mass is 19.1. The zero-order valence-corrected chi connectivity index (χ0v) is 8.56. The molecule has 1 amide bonds. The van der Waals surface area contributed by atoms with Gasteiger partial charge in [0, 0.05) is 24.6 Å². The number of nitrogens with two attached hydrogens (primary N) is 1. The van der Waals surface area contributed by atoms with Crippen LogP contribution in [0.15, 0.2) is 12.1 Å². The Balaban J connectivity index is 2.85. The van der Waals surface area contributed by atoms with Crippen molar-refractivity contribution in [2.24, 2.45) is 5.73 Å². The van der Waals surface area contributed by atoms with Gasteiger partial charge >= 0.3 is 0 Å². The Bertz CT molecular complexity index is 384. The van der Waals surface area contributed by atoms with Crippen LogP contribution in [0, 0.1) is 17.5 Å². The topological polar surface area (TPSA) is 55.1 Å². The monoisotopic (exact) mass is 232 g/mol. The van der Waals surface area contributed by atoms with E-state index in [2.05, 4.69) is 0 Å². The number of anilines is 1. The van der Waals surface area contributed by atoms with E-state index in [1.807, 2.05) is 5.32 Å². The van der Waals surface area contributed by atoms with Gasteiger partial charge in [-0.05, 0) is 6.92 Å². The van der Waals surface area contributed by atoms with E-state index < -0.39 is 35.1 Å².